The van der Waals surface area contributed by atoms with Gasteiger partial charge in [-0.3, -0.25) is 4.79 Å². The summed E-state index contributed by atoms with van der Waals surface area (Å²) in [7, 11) is 0. The minimum absolute atomic E-state index is 0.392. The number of carbonyl (C=O) groups is 2. The second-order valence-electron chi connectivity index (χ2n) is 5.65. The Labute approximate surface area is 153 Å². The normalized spacial score (nSPS) is 15.1. The fraction of sp³-hybridized carbons (Fsp3) is 0.100. The summed E-state index contributed by atoms with van der Waals surface area (Å²) in [5.41, 5.74) is 3.25. The third kappa shape index (κ3) is 4.06. The maximum absolute atomic E-state index is 12.1. The Bertz CT molecular complexity index is 908. The van der Waals surface area contributed by atoms with E-state index in [1.807, 2.05) is 31.2 Å². The molecule has 0 unspecified atom stereocenters. The highest BCUT2D eigenvalue weighted by Crippen LogP contribution is 2.30. The van der Waals surface area contributed by atoms with E-state index >= 15 is 0 Å². The maximum Gasteiger partial charge on any atom is 0.343 e. The van der Waals surface area contributed by atoms with E-state index in [0.29, 0.717) is 21.6 Å². The summed E-state index contributed by atoms with van der Waals surface area (Å²) in [5.74, 6) is 0.180. The van der Waals surface area contributed by atoms with Gasteiger partial charge in [-0.1, -0.05) is 35.9 Å². The molecular formula is C20H15BrO4. The Morgan fingerprint density at radius 1 is 1.16 bits per heavy atom. The highest BCUT2D eigenvalue weighted by molar-refractivity contribution is 9.10. The summed E-state index contributed by atoms with van der Waals surface area (Å²) in [6, 6.07) is 13.0. The van der Waals surface area contributed by atoms with Gasteiger partial charge in [-0.05, 0) is 52.7 Å². The van der Waals surface area contributed by atoms with Crippen LogP contribution in [0.15, 0.2) is 58.6 Å². The first-order valence-corrected chi connectivity index (χ1v) is 8.42. The molecule has 25 heavy (non-hydrogen) atoms. The van der Waals surface area contributed by atoms with Gasteiger partial charge in [0.2, 0.25) is 0 Å². The van der Waals surface area contributed by atoms with Crippen molar-refractivity contribution >= 4 is 39.7 Å². The van der Waals surface area contributed by atoms with Crippen molar-refractivity contribution in [3.05, 3.63) is 75.3 Å². The van der Waals surface area contributed by atoms with Crippen LogP contribution in [0.3, 0.4) is 0 Å². The van der Waals surface area contributed by atoms with Crippen molar-refractivity contribution in [1.82, 2.24) is 0 Å². The van der Waals surface area contributed by atoms with Crippen LogP contribution in [-0.4, -0.2) is 11.9 Å². The molecule has 3 rings (SSSR count). The molecule has 1 heterocycles. The van der Waals surface area contributed by atoms with Gasteiger partial charge in [0.1, 0.15) is 11.5 Å². The van der Waals surface area contributed by atoms with Crippen LogP contribution in [0.4, 0.5) is 0 Å². The molecule has 2 aromatic rings. The summed E-state index contributed by atoms with van der Waals surface area (Å²) < 4.78 is 11.0. The molecule has 0 fully saturated rings. The van der Waals surface area contributed by atoms with Gasteiger partial charge < -0.3 is 9.47 Å². The summed E-state index contributed by atoms with van der Waals surface area (Å²) in [4.78, 5) is 23.1. The van der Waals surface area contributed by atoms with Crippen LogP contribution < -0.4 is 4.74 Å². The molecule has 0 amide bonds. The fourth-order valence-corrected chi connectivity index (χ4v) is 2.85. The topological polar surface area (TPSA) is 52.6 Å². The molecule has 0 saturated heterocycles. The molecule has 0 N–H and O–H groups in total. The predicted octanol–water partition coefficient (Wildman–Crippen LogP) is 4.66. The van der Waals surface area contributed by atoms with Crippen LogP contribution in [0.2, 0.25) is 0 Å². The van der Waals surface area contributed by atoms with E-state index in [4.69, 9.17) is 9.47 Å². The quantitative estimate of drug-likeness (QED) is 0.428. The molecular weight excluding hydrogens is 384 g/mol. The molecule has 0 atom stereocenters. The van der Waals surface area contributed by atoms with E-state index < -0.39 is 11.9 Å². The number of ether oxygens (including phenoxy) is 2. The van der Waals surface area contributed by atoms with E-state index in [0.717, 1.165) is 16.7 Å². The first-order chi connectivity index (χ1) is 11.9. The van der Waals surface area contributed by atoms with Gasteiger partial charge in [0.15, 0.2) is 0 Å². The Morgan fingerprint density at radius 2 is 1.88 bits per heavy atom. The van der Waals surface area contributed by atoms with Crippen molar-refractivity contribution in [3.63, 3.8) is 0 Å². The Balaban J connectivity index is 1.88. The van der Waals surface area contributed by atoms with Crippen molar-refractivity contribution in [2.45, 2.75) is 13.8 Å². The van der Waals surface area contributed by atoms with E-state index in [2.05, 4.69) is 15.9 Å². The van der Waals surface area contributed by atoms with Crippen LogP contribution in [0.25, 0.3) is 11.8 Å². The number of benzene rings is 2. The molecule has 1 aliphatic rings. The van der Waals surface area contributed by atoms with Crippen molar-refractivity contribution < 1.29 is 19.1 Å². The SMILES string of the molecule is CC(=O)Oc1ccc(C=C2C=C(c3ccc(C)cc3)OC2=O)cc1Br. The van der Waals surface area contributed by atoms with Gasteiger partial charge in [0, 0.05) is 12.5 Å². The van der Waals surface area contributed by atoms with Crippen LogP contribution in [0.5, 0.6) is 5.75 Å². The zero-order valence-corrected chi connectivity index (χ0v) is 15.3. The summed E-state index contributed by atoms with van der Waals surface area (Å²) >= 11 is 3.36. The number of esters is 2. The number of hydrogen-bond donors (Lipinski definition) is 0. The Kier molecular flexibility index (Phi) is 4.86. The smallest absolute Gasteiger partial charge is 0.343 e. The second-order valence-corrected chi connectivity index (χ2v) is 6.50. The predicted molar refractivity (Wildman–Crippen MR) is 98.7 cm³/mol. The molecule has 2 aromatic carbocycles. The van der Waals surface area contributed by atoms with Gasteiger partial charge in [-0.2, -0.15) is 0 Å². The van der Waals surface area contributed by atoms with Crippen LogP contribution in [0, 0.1) is 6.92 Å². The molecule has 0 saturated carbocycles. The maximum atomic E-state index is 12.1. The van der Waals surface area contributed by atoms with Crippen LogP contribution in [0.1, 0.15) is 23.6 Å². The zero-order valence-electron chi connectivity index (χ0n) is 13.7. The lowest BCUT2D eigenvalue weighted by Crippen LogP contribution is -2.02. The molecule has 0 spiro atoms. The van der Waals surface area contributed by atoms with Crippen molar-refractivity contribution in [2.75, 3.05) is 0 Å². The highest BCUT2D eigenvalue weighted by Gasteiger charge is 2.22. The molecule has 0 bridgehead atoms. The van der Waals surface area contributed by atoms with Gasteiger partial charge in [-0.25, -0.2) is 4.79 Å². The summed E-state index contributed by atoms with van der Waals surface area (Å²) in [6.45, 7) is 3.34. The number of aryl methyl sites for hydroxylation is 1. The second kappa shape index (κ2) is 7.07. The van der Waals surface area contributed by atoms with Crippen LogP contribution >= 0.6 is 15.9 Å². The molecule has 126 valence electrons. The Morgan fingerprint density at radius 3 is 2.52 bits per heavy atom. The lowest BCUT2D eigenvalue weighted by molar-refractivity contribution is -0.132. The molecule has 5 heteroatoms. The van der Waals surface area contributed by atoms with Crippen molar-refractivity contribution in [2.24, 2.45) is 0 Å². The fourth-order valence-electron chi connectivity index (χ4n) is 2.37. The third-order valence-corrected chi connectivity index (χ3v) is 4.21. The monoisotopic (exact) mass is 398 g/mol. The average molecular weight is 399 g/mol. The number of hydrogen-bond acceptors (Lipinski definition) is 4. The van der Waals surface area contributed by atoms with E-state index in [-0.39, 0.29) is 0 Å². The number of halogens is 1. The first-order valence-electron chi connectivity index (χ1n) is 7.63. The molecule has 1 aliphatic heterocycles. The third-order valence-electron chi connectivity index (χ3n) is 3.59. The largest absolute Gasteiger partial charge is 0.426 e. The first kappa shape index (κ1) is 17.2. The molecule has 4 nitrogen and oxygen atoms in total. The van der Waals surface area contributed by atoms with Gasteiger partial charge >= 0.3 is 11.9 Å². The zero-order chi connectivity index (χ0) is 18.0. The van der Waals surface area contributed by atoms with Gasteiger partial charge in [-0.15, -0.1) is 0 Å². The van der Waals surface area contributed by atoms with Gasteiger partial charge in [0.05, 0.1) is 10.0 Å². The number of rotatable bonds is 3. The molecule has 0 radical (unpaired) electrons. The summed E-state index contributed by atoms with van der Waals surface area (Å²) in [6.07, 6.45) is 3.45. The standard InChI is InChI=1S/C20H15BrO4/c1-12-3-6-15(7-4-12)19-11-16(20(23)25-19)9-14-5-8-18(17(21)10-14)24-13(2)22/h3-11H,1-2H3. The van der Waals surface area contributed by atoms with Crippen molar-refractivity contribution in [1.29, 1.82) is 0 Å². The molecule has 0 aliphatic carbocycles. The molecule has 0 aromatic heterocycles. The van der Waals surface area contributed by atoms with Crippen molar-refractivity contribution in [3.8, 4) is 5.75 Å². The lowest BCUT2D eigenvalue weighted by atomic mass is 10.1. The average Bonchev–Trinajstić information content (AvgIpc) is 2.91. The van der Waals surface area contributed by atoms with Crippen LogP contribution in [-0.2, 0) is 14.3 Å². The lowest BCUT2D eigenvalue weighted by Gasteiger charge is -2.04. The van der Waals surface area contributed by atoms with E-state index in [9.17, 15) is 9.59 Å². The number of carbonyl (C=O) groups excluding carboxylic acids is 2. The highest BCUT2D eigenvalue weighted by atomic mass is 79.9. The van der Waals surface area contributed by atoms with E-state index in [1.165, 1.54) is 6.92 Å². The number of cyclic esters (lactones) is 1. The minimum atomic E-state index is -0.393. The van der Waals surface area contributed by atoms with Gasteiger partial charge in [0.25, 0.3) is 0 Å². The Hall–Kier alpha value is -2.66. The summed E-state index contributed by atoms with van der Waals surface area (Å²) in [5, 5.41) is 0. The minimum Gasteiger partial charge on any atom is -0.426 e. The van der Waals surface area contributed by atoms with E-state index in [1.54, 1.807) is 30.4 Å².